The van der Waals surface area contributed by atoms with Crippen LogP contribution >= 0.6 is 15.9 Å². The van der Waals surface area contributed by atoms with Gasteiger partial charge in [-0.15, -0.1) is 0 Å². The van der Waals surface area contributed by atoms with E-state index in [9.17, 15) is 17.6 Å². The molecule has 1 heterocycles. The van der Waals surface area contributed by atoms with Gasteiger partial charge in [-0.2, -0.15) is 8.78 Å². The lowest BCUT2D eigenvalue weighted by Crippen LogP contribution is -2.43. The van der Waals surface area contributed by atoms with Crippen LogP contribution < -0.4 is 10.5 Å². The standard InChI is InChI=1S/C18H23F2N3O.C6H3BrF2O/c1-11(2)9-18(4,21)10-24-15-6-5-13(16(19)17(15)20)14-7-8-22-12(3)23-14;7-3-1-2-4(10)6(9)5(3)8/h5-8,11H,9-10,21H2,1-4H3;1-2,10H/t18-;/m0./s1. The maximum atomic E-state index is 14.4. The second-order valence-electron chi connectivity index (χ2n) is 8.46. The van der Waals surface area contributed by atoms with Crippen molar-refractivity contribution < 1.29 is 27.4 Å². The van der Waals surface area contributed by atoms with Crippen LogP contribution in [0.2, 0.25) is 0 Å². The molecule has 0 bridgehead atoms. The van der Waals surface area contributed by atoms with E-state index in [-0.39, 0.29) is 22.4 Å². The largest absolute Gasteiger partial charge is 0.505 e. The fourth-order valence-electron chi connectivity index (χ4n) is 3.20. The summed E-state index contributed by atoms with van der Waals surface area (Å²) in [6.07, 6.45) is 2.22. The van der Waals surface area contributed by atoms with Crippen molar-refractivity contribution in [2.75, 3.05) is 6.61 Å². The summed E-state index contributed by atoms with van der Waals surface area (Å²) >= 11 is 2.75. The molecule has 0 fully saturated rings. The van der Waals surface area contributed by atoms with Crippen molar-refractivity contribution in [1.29, 1.82) is 0 Å². The summed E-state index contributed by atoms with van der Waals surface area (Å²) < 4.78 is 58.8. The average Bonchev–Trinajstić information content (AvgIpc) is 2.75. The van der Waals surface area contributed by atoms with Crippen molar-refractivity contribution in [2.24, 2.45) is 11.7 Å². The van der Waals surface area contributed by atoms with Gasteiger partial charge in [-0.1, -0.05) is 13.8 Å². The van der Waals surface area contributed by atoms with Gasteiger partial charge in [-0.05, 0) is 72.4 Å². The number of nitrogens with zero attached hydrogens (tertiary/aromatic N) is 2. The molecule has 0 unspecified atom stereocenters. The molecule has 0 spiro atoms. The highest BCUT2D eigenvalue weighted by molar-refractivity contribution is 9.10. The van der Waals surface area contributed by atoms with Gasteiger partial charge in [-0.3, -0.25) is 0 Å². The zero-order valence-corrected chi connectivity index (χ0v) is 20.8. The molecule has 3 rings (SSSR count). The van der Waals surface area contributed by atoms with Crippen LogP contribution in [0.25, 0.3) is 11.3 Å². The molecule has 0 aliphatic rings. The van der Waals surface area contributed by atoms with E-state index in [1.165, 1.54) is 30.5 Å². The SMILES string of the molecule is Cc1nccc(-c2ccc(OC[C@@](C)(N)CC(C)C)c(F)c2F)n1.Oc1ccc(Br)c(F)c1F. The Morgan fingerprint density at radius 2 is 1.71 bits per heavy atom. The zero-order chi connectivity index (χ0) is 25.6. The second-order valence-corrected chi connectivity index (χ2v) is 9.32. The summed E-state index contributed by atoms with van der Waals surface area (Å²) in [4.78, 5) is 8.06. The average molecular weight is 544 g/mol. The van der Waals surface area contributed by atoms with Crippen molar-refractivity contribution in [3.8, 4) is 22.8 Å². The van der Waals surface area contributed by atoms with Gasteiger partial charge in [-0.25, -0.2) is 18.7 Å². The molecule has 0 saturated heterocycles. The molecular formula is C24H26BrF4N3O2. The Balaban J connectivity index is 0.000000340. The molecule has 1 aromatic heterocycles. The Labute approximate surface area is 204 Å². The van der Waals surface area contributed by atoms with E-state index in [1.54, 1.807) is 6.92 Å². The van der Waals surface area contributed by atoms with Gasteiger partial charge in [0.05, 0.1) is 10.2 Å². The van der Waals surface area contributed by atoms with Crippen LogP contribution in [-0.2, 0) is 0 Å². The minimum absolute atomic E-state index is 0.00259. The Morgan fingerprint density at radius 1 is 1.03 bits per heavy atom. The molecule has 0 aliphatic carbocycles. The molecule has 0 aliphatic heterocycles. The molecule has 0 radical (unpaired) electrons. The van der Waals surface area contributed by atoms with Crippen LogP contribution in [0.1, 0.15) is 33.0 Å². The summed E-state index contributed by atoms with van der Waals surface area (Å²) in [6.45, 7) is 7.71. The van der Waals surface area contributed by atoms with E-state index in [2.05, 4.69) is 25.9 Å². The first-order valence-corrected chi connectivity index (χ1v) is 11.1. The van der Waals surface area contributed by atoms with Gasteiger partial charge in [0.1, 0.15) is 12.4 Å². The number of rotatable bonds is 6. The zero-order valence-electron chi connectivity index (χ0n) is 19.2. The first kappa shape index (κ1) is 27.5. The van der Waals surface area contributed by atoms with E-state index in [1.807, 2.05) is 20.8 Å². The summed E-state index contributed by atoms with van der Waals surface area (Å²) in [5.41, 5.74) is 5.92. The van der Waals surface area contributed by atoms with Gasteiger partial charge in [0.15, 0.2) is 23.1 Å². The molecule has 2 aromatic carbocycles. The highest BCUT2D eigenvalue weighted by Gasteiger charge is 2.23. The van der Waals surface area contributed by atoms with Crippen molar-refractivity contribution in [2.45, 2.75) is 39.7 Å². The fourth-order valence-corrected chi connectivity index (χ4v) is 3.50. The minimum Gasteiger partial charge on any atom is -0.505 e. The summed E-state index contributed by atoms with van der Waals surface area (Å²) in [7, 11) is 0. The fraction of sp³-hybridized carbons (Fsp3) is 0.333. The number of ether oxygens (including phenoxy) is 1. The second kappa shape index (κ2) is 11.6. The highest BCUT2D eigenvalue weighted by atomic mass is 79.9. The van der Waals surface area contributed by atoms with Crippen molar-refractivity contribution >= 4 is 15.9 Å². The topological polar surface area (TPSA) is 81.3 Å². The van der Waals surface area contributed by atoms with E-state index in [0.717, 1.165) is 12.5 Å². The van der Waals surface area contributed by atoms with E-state index in [4.69, 9.17) is 15.6 Å². The first-order valence-electron chi connectivity index (χ1n) is 10.3. The van der Waals surface area contributed by atoms with Gasteiger partial charge in [0.2, 0.25) is 11.6 Å². The number of hydrogen-bond acceptors (Lipinski definition) is 5. The Hall–Kier alpha value is -2.72. The molecular weight excluding hydrogens is 518 g/mol. The summed E-state index contributed by atoms with van der Waals surface area (Å²) in [6, 6.07) is 6.68. The molecule has 34 heavy (non-hydrogen) atoms. The number of nitrogens with two attached hydrogens (primary N) is 1. The van der Waals surface area contributed by atoms with Gasteiger partial charge in [0.25, 0.3) is 0 Å². The maximum absolute atomic E-state index is 14.4. The third-order valence-corrected chi connectivity index (χ3v) is 5.16. The predicted octanol–water partition coefficient (Wildman–Crippen LogP) is 6.31. The summed E-state index contributed by atoms with van der Waals surface area (Å²) in [5.74, 6) is -4.29. The molecule has 1 atom stereocenters. The Kier molecular flexibility index (Phi) is 9.40. The number of benzene rings is 2. The van der Waals surface area contributed by atoms with Crippen molar-refractivity contribution in [3.63, 3.8) is 0 Å². The number of aromatic nitrogens is 2. The van der Waals surface area contributed by atoms with Crippen LogP contribution in [0.15, 0.2) is 41.0 Å². The smallest absolute Gasteiger partial charge is 0.201 e. The third kappa shape index (κ3) is 7.39. The minimum atomic E-state index is -1.23. The van der Waals surface area contributed by atoms with E-state index >= 15 is 0 Å². The first-order chi connectivity index (χ1) is 15.8. The lowest BCUT2D eigenvalue weighted by Gasteiger charge is -2.26. The number of hydrogen-bond donors (Lipinski definition) is 2. The summed E-state index contributed by atoms with van der Waals surface area (Å²) in [5, 5.41) is 8.59. The lowest BCUT2D eigenvalue weighted by atomic mass is 9.93. The molecule has 0 saturated carbocycles. The number of phenols is 1. The highest BCUT2D eigenvalue weighted by Crippen LogP contribution is 2.29. The van der Waals surface area contributed by atoms with Gasteiger partial charge >= 0.3 is 0 Å². The van der Waals surface area contributed by atoms with Crippen molar-refractivity contribution in [1.82, 2.24) is 9.97 Å². The predicted molar refractivity (Wildman–Crippen MR) is 125 cm³/mol. The van der Waals surface area contributed by atoms with Crippen LogP contribution in [0.5, 0.6) is 11.5 Å². The Morgan fingerprint density at radius 3 is 2.29 bits per heavy atom. The lowest BCUT2D eigenvalue weighted by molar-refractivity contribution is 0.198. The number of aromatic hydroxyl groups is 1. The molecule has 10 heteroatoms. The van der Waals surface area contributed by atoms with Crippen LogP contribution in [-0.4, -0.2) is 27.2 Å². The van der Waals surface area contributed by atoms with Crippen LogP contribution in [0.3, 0.4) is 0 Å². The third-order valence-electron chi connectivity index (χ3n) is 4.55. The van der Waals surface area contributed by atoms with Crippen molar-refractivity contribution in [3.05, 3.63) is 70.1 Å². The molecule has 3 N–H and O–H groups in total. The normalized spacial score (nSPS) is 12.7. The van der Waals surface area contributed by atoms with E-state index in [0.29, 0.717) is 17.4 Å². The van der Waals surface area contributed by atoms with E-state index < -0.39 is 34.6 Å². The molecule has 184 valence electrons. The number of aryl methyl sites for hydroxylation is 1. The number of phenolic OH excluding ortho intramolecular Hbond substituents is 1. The molecule has 5 nitrogen and oxygen atoms in total. The van der Waals surface area contributed by atoms with Crippen LogP contribution in [0, 0.1) is 36.1 Å². The monoisotopic (exact) mass is 543 g/mol. The number of halogens is 5. The Bertz CT molecular complexity index is 1120. The molecule has 0 amide bonds. The quantitative estimate of drug-likeness (QED) is 0.281. The van der Waals surface area contributed by atoms with Gasteiger partial charge < -0.3 is 15.6 Å². The van der Waals surface area contributed by atoms with Crippen LogP contribution in [0.4, 0.5) is 17.6 Å². The maximum Gasteiger partial charge on any atom is 0.201 e. The molecule has 3 aromatic rings. The van der Waals surface area contributed by atoms with Gasteiger partial charge in [0, 0.05) is 17.3 Å².